The minimum atomic E-state index is -1.81. The molecule has 12 bridgehead atoms. The molecule has 34 heteroatoms. The number of cyclic esters (lactones) is 1. The summed E-state index contributed by atoms with van der Waals surface area (Å²) < 4.78 is 31.8. The summed E-state index contributed by atoms with van der Waals surface area (Å²) in [7, 11) is 4.92. The van der Waals surface area contributed by atoms with Crippen molar-refractivity contribution in [3.63, 3.8) is 0 Å². The van der Waals surface area contributed by atoms with E-state index >= 15 is 14.4 Å². The van der Waals surface area contributed by atoms with Crippen molar-refractivity contribution in [3.8, 4) is 38.4 Å². The van der Waals surface area contributed by atoms with Gasteiger partial charge in [0, 0.05) is 55.7 Å². The number of pyridine rings is 1. The van der Waals surface area contributed by atoms with Gasteiger partial charge in [0.2, 0.25) is 11.0 Å². The van der Waals surface area contributed by atoms with Crippen LogP contribution < -0.4 is 27.0 Å². The van der Waals surface area contributed by atoms with Gasteiger partial charge in [0.05, 0.1) is 55.5 Å². The van der Waals surface area contributed by atoms with Gasteiger partial charge in [0.1, 0.15) is 106 Å². The number of thiazole rings is 5. The first-order chi connectivity index (χ1) is 43.9. The van der Waals surface area contributed by atoms with Gasteiger partial charge in [0.25, 0.3) is 23.6 Å². The van der Waals surface area contributed by atoms with Gasteiger partial charge >= 0.3 is 5.97 Å². The number of primary amides is 1. The van der Waals surface area contributed by atoms with Crippen molar-refractivity contribution < 1.29 is 72.6 Å². The van der Waals surface area contributed by atoms with Crippen molar-refractivity contribution in [2.45, 2.75) is 108 Å². The van der Waals surface area contributed by atoms with Gasteiger partial charge in [0.15, 0.2) is 12.4 Å². The largest absolute Gasteiger partial charge is 0.506 e. The zero-order valence-corrected chi connectivity index (χ0v) is 54.5. The number of hydrogen-bond donors (Lipinski definition) is 9. The average molecular weight is 1370 g/mol. The van der Waals surface area contributed by atoms with Crippen molar-refractivity contribution in [1.82, 2.24) is 61.1 Å². The number of nitrogens with one attached hydrogen (secondary N) is 5. The number of aromatic amines is 1. The van der Waals surface area contributed by atoms with Crippen LogP contribution in [0.1, 0.15) is 124 Å². The summed E-state index contributed by atoms with van der Waals surface area (Å²) in [6, 6.07) is 1.80. The highest BCUT2D eigenvalue weighted by Crippen LogP contribution is 2.43. The van der Waals surface area contributed by atoms with Gasteiger partial charge < -0.3 is 75.9 Å². The Labute approximate surface area is 546 Å². The number of hydrogen-bond acceptors (Lipinski definition) is 28. The van der Waals surface area contributed by atoms with E-state index in [1.807, 2.05) is 4.90 Å². The third kappa shape index (κ3) is 12.6. The lowest BCUT2D eigenvalue weighted by molar-refractivity contribution is -0.280. The highest BCUT2D eigenvalue weighted by molar-refractivity contribution is 8.14. The smallest absolute Gasteiger partial charge is 0.338 e. The lowest BCUT2D eigenvalue weighted by Crippen LogP contribution is -2.62. The van der Waals surface area contributed by atoms with Crippen molar-refractivity contribution in [2.75, 3.05) is 27.0 Å². The molecule has 11 heterocycles. The number of aromatic nitrogens is 7. The summed E-state index contributed by atoms with van der Waals surface area (Å²) in [5.41, 5.74) is 5.38. The molecule has 8 aromatic rings. The number of nitrogens with two attached hydrogens (primary N) is 1. The van der Waals surface area contributed by atoms with E-state index in [9.17, 15) is 34.5 Å². The fraction of sp³-hybridized carbons (Fsp3) is 0.362. The number of nitrogens with zero attached hydrogens (tertiary/aromatic N) is 7. The zero-order chi connectivity index (χ0) is 65.2. The normalized spacial score (nSPS) is 25.0. The first kappa shape index (κ1) is 64.1. The van der Waals surface area contributed by atoms with Crippen LogP contribution in [-0.4, -0.2) is 171 Å². The van der Waals surface area contributed by atoms with Gasteiger partial charge in [-0.2, -0.15) is 0 Å². The van der Waals surface area contributed by atoms with Gasteiger partial charge in [-0.25, -0.2) is 34.7 Å². The van der Waals surface area contributed by atoms with Crippen LogP contribution >= 0.6 is 68.4 Å². The number of ether oxygens (including phenoxy) is 5. The summed E-state index contributed by atoms with van der Waals surface area (Å²) in [6.45, 7) is 5.44. The number of esters is 1. The molecule has 28 nitrogen and oxygen atoms in total. The van der Waals surface area contributed by atoms with Gasteiger partial charge in [-0.05, 0) is 59.5 Å². The molecule has 10 atom stereocenters. The molecule has 1 saturated heterocycles. The lowest BCUT2D eigenvalue weighted by atomic mass is 9.85. The van der Waals surface area contributed by atoms with Crippen LogP contribution in [0.4, 0.5) is 0 Å². The topological polar surface area (TPSA) is 397 Å². The van der Waals surface area contributed by atoms with Crippen LogP contribution in [0.15, 0.2) is 57.7 Å². The van der Waals surface area contributed by atoms with E-state index in [4.69, 9.17) is 44.4 Å². The van der Waals surface area contributed by atoms with Crippen LogP contribution in [0.2, 0.25) is 0 Å². The van der Waals surface area contributed by atoms with Gasteiger partial charge in [-0.1, -0.05) is 23.9 Å². The summed E-state index contributed by atoms with van der Waals surface area (Å²) in [6.07, 6.45) is -5.86. The molecule has 0 saturated carbocycles. The van der Waals surface area contributed by atoms with Crippen molar-refractivity contribution in [2.24, 2.45) is 5.73 Å². The summed E-state index contributed by atoms with van der Waals surface area (Å²) in [4.78, 5) is 134. The first-order valence-electron chi connectivity index (χ1n) is 28.2. The van der Waals surface area contributed by atoms with Crippen molar-refractivity contribution >= 4 is 126 Å². The molecule has 1 aromatic carbocycles. The number of likely N-dealkylation sites (N-methyl/N-ethyl adjacent to an activating group) is 1. The quantitative estimate of drug-likeness (QED) is 0.0725. The highest BCUT2D eigenvalue weighted by atomic mass is 32.2. The van der Waals surface area contributed by atoms with E-state index in [1.165, 1.54) is 49.4 Å². The third-order valence-electron chi connectivity index (χ3n) is 15.6. The molecule has 5 amide bonds. The average Bonchev–Trinajstić information content (AvgIpc) is 1.86. The third-order valence-corrected chi connectivity index (χ3v) is 21.2. The fourth-order valence-electron chi connectivity index (χ4n) is 11.4. The number of aromatic hydroxyl groups is 1. The molecule has 92 heavy (non-hydrogen) atoms. The Hall–Kier alpha value is -8.00. The molecule has 0 aliphatic carbocycles. The fourth-order valence-corrected chi connectivity index (χ4v) is 16.6. The number of benzene rings is 1. The summed E-state index contributed by atoms with van der Waals surface area (Å²) in [5, 5.41) is 52.4. The van der Waals surface area contributed by atoms with Crippen LogP contribution in [-0.2, 0) is 46.5 Å². The molecule has 6 unspecified atom stereocenters. The number of methoxy groups -OCH3 is 1. The lowest BCUT2D eigenvalue weighted by Gasteiger charge is -2.48. The second-order valence-electron chi connectivity index (χ2n) is 22.3. The number of rotatable bonds is 7. The monoisotopic (exact) mass is 1370 g/mol. The van der Waals surface area contributed by atoms with E-state index in [-0.39, 0.29) is 106 Å². The molecule has 4 aliphatic rings. The number of allylic oxidation sites excluding steroid dienone is 1. The predicted molar refractivity (Wildman–Crippen MR) is 338 cm³/mol. The van der Waals surface area contributed by atoms with Crippen LogP contribution in [0, 0.1) is 0 Å². The molecule has 4 aliphatic heterocycles. The Balaban J connectivity index is 1.04. The first-order valence-corrected chi connectivity index (χ1v) is 33.5. The molecule has 10 N–H and O–H groups in total. The Morgan fingerprint density at radius 3 is 2.35 bits per heavy atom. The van der Waals surface area contributed by atoms with Gasteiger partial charge in [-0.15, -0.1) is 56.7 Å². The van der Waals surface area contributed by atoms with E-state index in [0.717, 1.165) is 68.4 Å². The van der Waals surface area contributed by atoms with Crippen LogP contribution in [0.25, 0.3) is 49.3 Å². The molecule has 12 rings (SSSR count). The van der Waals surface area contributed by atoms with Gasteiger partial charge in [-0.3, -0.25) is 28.8 Å². The Kier molecular flexibility index (Phi) is 18.0. The number of carbonyl (C=O) groups excluding carboxylic acids is 7. The number of amides is 5. The number of aliphatic hydroxyl groups excluding tert-OH is 1. The van der Waals surface area contributed by atoms with Crippen LogP contribution in [0.3, 0.4) is 0 Å². The maximum absolute atomic E-state index is 15.2. The van der Waals surface area contributed by atoms with Crippen molar-refractivity contribution in [3.05, 3.63) is 112 Å². The van der Waals surface area contributed by atoms with E-state index in [0.29, 0.717) is 22.0 Å². The molecular weight excluding hydrogens is 1310 g/mol. The number of fused-ring (bicyclic) bond motifs is 15. The summed E-state index contributed by atoms with van der Waals surface area (Å²) >= 11 is 5.62. The number of aliphatic hydroxyl groups is 2. The number of carbonyl (C=O) groups is 7. The number of thioether (sulfide) groups is 1. The Morgan fingerprint density at radius 1 is 0.880 bits per heavy atom. The van der Waals surface area contributed by atoms with E-state index in [1.54, 1.807) is 51.5 Å². The molecule has 0 radical (unpaired) electrons. The summed E-state index contributed by atoms with van der Waals surface area (Å²) in [5.74, 6) is -5.63. The van der Waals surface area contributed by atoms with Crippen molar-refractivity contribution in [1.29, 1.82) is 0 Å². The maximum atomic E-state index is 15.2. The van der Waals surface area contributed by atoms with E-state index < -0.39 is 113 Å². The zero-order valence-electron chi connectivity index (χ0n) is 49.6. The molecular formula is C58H57N13O15S6. The molecule has 7 aromatic heterocycles. The Bertz CT molecular complexity index is 4300. The second kappa shape index (κ2) is 25.8. The minimum absolute atomic E-state index is 0.0218. The maximum Gasteiger partial charge on any atom is 0.338 e. The van der Waals surface area contributed by atoms with E-state index in [2.05, 4.69) is 41.2 Å². The minimum Gasteiger partial charge on any atom is -0.506 e. The molecule has 1 fully saturated rings. The predicted octanol–water partition coefficient (Wildman–Crippen LogP) is 5.27. The number of H-pyrrole nitrogens is 1. The van der Waals surface area contributed by atoms with Crippen LogP contribution in [0.5, 0.6) is 5.75 Å². The second-order valence-corrected chi connectivity index (χ2v) is 27.8. The highest BCUT2D eigenvalue weighted by Gasteiger charge is 2.50. The standard InChI is InChI=1S/C58H57N13O15S6/c1-21(72)37-50(78)69-38(22(2)82-7)53-60-13-34(92-53)49(77)70-42-43-44(86-35-12-58(4,81)45(71(5)6)23(3)85-35)56(79)84-14-24-9-8-10-27-36(24)26(15-83-43)40(61-27)57(80)91-20-32(62-47(75)30-19-90-55(42)66-30)52-63-28(16-88-52)39-25(51-65-31(18-87-51)48(76)68-37)11-33(73)41(67-39)54-64-29(17-89-54)46(59)74/h8-11,13,16-19,21,23,32,35,37,42-45,61,72-73,81H,12,14-15,20H2,1-7H3,(H2,59,74)(H,62,75)(H,68,76)(H,69,78)(H,70,77)/b38-22-/t21?,23-,32?,35-,37?,42?,43?,44?,45+,58-/m0/s1. The SMILES string of the molecule is CO/C(C)=C1\NC(=O)C(C(C)O)NC(=O)c2csc(n2)-c2cc(O)c(-c3nc(C(N)=O)cs3)nc2-c2csc(n2)C2CSC(=O)c3[nH]c4cccc5c4c3COC(C(O[C@H]3C[C@](C)(O)[C@H](N(C)C)[C@H](C)O3)C(=O)OC5)C(NC(=O)c3cnc1s3)c1nc(cs1)C(=O)N2. The Morgan fingerprint density at radius 2 is 1.61 bits per heavy atom. The molecule has 0 spiro atoms. The molecule has 480 valence electrons.